The molecule has 0 saturated heterocycles. The smallest absolute Gasteiger partial charge is 0.337 e. The third-order valence-corrected chi connectivity index (χ3v) is 3.56. The number of ether oxygens (including phenoxy) is 1. The largest absolute Gasteiger partial charge is 0.465 e. The second-order valence-corrected chi connectivity index (χ2v) is 5.28. The molecule has 7 nitrogen and oxygen atoms in total. The van der Waals surface area contributed by atoms with E-state index in [1.165, 1.54) is 13.3 Å². The lowest BCUT2D eigenvalue weighted by molar-refractivity contribution is -0.136. The van der Waals surface area contributed by atoms with Gasteiger partial charge in [0.05, 0.1) is 18.9 Å². The quantitative estimate of drug-likeness (QED) is 0.372. The van der Waals surface area contributed by atoms with Gasteiger partial charge in [0.2, 0.25) is 0 Å². The molecule has 0 atom stereocenters. The number of rotatable bonds is 5. The first-order chi connectivity index (χ1) is 12.5. The maximum absolute atomic E-state index is 11.9. The molecule has 0 spiro atoms. The van der Waals surface area contributed by atoms with E-state index >= 15 is 0 Å². The second kappa shape index (κ2) is 9.12. The maximum atomic E-state index is 11.9. The number of nitrogens with zero attached hydrogens (tertiary/aromatic N) is 1. The van der Waals surface area contributed by atoms with Crippen molar-refractivity contribution in [3.05, 3.63) is 65.2 Å². The molecule has 0 bridgehead atoms. The molecule has 0 aliphatic rings. The van der Waals surface area contributed by atoms with E-state index in [4.69, 9.17) is 0 Å². The van der Waals surface area contributed by atoms with Crippen molar-refractivity contribution in [2.45, 2.75) is 13.3 Å². The topological polar surface area (TPSA) is 96.9 Å². The molecule has 0 radical (unpaired) electrons. The number of hydrazone groups is 1. The molecule has 0 unspecified atom stereocenters. The molecule has 0 heterocycles. The highest BCUT2D eigenvalue weighted by Crippen LogP contribution is 2.15. The first-order valence-corrected chi connectivity index (χ1v) is 7.95. The predicted molar refractivity (Wildman–Crippen MR) is 98.0 cm³/mol. The zero-order chi connectivity index (χ0) is 18.9. The number of nitrogens with one attached hydrogen (secondary N) is 2. The number of benzene rings is 2. The number of carbonyl (C=O) groups is 3. The summed E-state index contributed by atoms with van der Waals surface area (Å²) < 4.78 is 4.61. The van der Waals surface area contributed by atoms with Crippen molar-refractivity contribution in [1.82, 2.24) is 5.43 Å². The minimum Gasteiger partial charge on any atom is -0.465 e. The molecule has 2 aromatic carbocycles. The fourth-order valence-corrected chi connectivity index (χ4v) is 2.17. The van der Waals surface area contributed by atoms with Gasteiger partial charge < -0.3 is 10.1 Å². The van der Waals surface area contributed by atoms with Gasteiger partial charge >= 0.3 is 17.8 Å². The zero-order valence-corrected chi connectivity index (χ0v) is 14.5. The SMILES string of the molecule is CCc1ccccc1NC(=O)C(=O)N/N=C\c1ccc(C(=O)OC)cc1. The van der Waals surface area contributed by atoms with E-state index in [0.29, 0.717) is 16.8 Å². The highest BCUT2D eigenvalue weighted by atomic mass is 16.5. The van der Waals surface area contributed by atoms with Crippen LogP contribution in [0.1, 0.15) is 28.4 Å². The Balaban J connectivity index is 1.92. The van der Waals surface area contributed by atoms with Gasteiger partial charge in [0, 0.05) is 5.69 Å². The molecule has 2 amide bonds. The lowest BCUT2D eigenvalue weighted by Crippen LogP contribution is -2.32. The van der Waals surface area contributed by atoms with E-state index in [2.05, 4.69) is 20.6 Å². The summed E-state index contributed by atoms with van der Waals surface area (Å²) in [6, 6.07) is 13.7. The summed E-state index contributed by atoms with van der Waals surface area (Å²) in [5.74, 6) is -2.12. The second-order valence-electron chi connectivity index (χ2n) is 5.28. The Morgan fingerprint density at radius 1 is 1.04 bits per heavy atom. The van der Waals surface area contributed by atoms with Crippen molar-refractivity contribution in [3.63, 3.8) is 0 Å². The van der Waals surface area contributed by atoms with Crippen LogP contribution in [0.3, 0.4) is 0 Å². The standard InChI is InChI=1S/C19H19N3O4/c1-3-14-6-4-5-7-16(14)21-17(23)18(24)22-20-12-13-8-10-15(11-9-13)19(25)26-2/h4-12H,3H2,1-2H3,(H,21,23)(H,22,24)/b20-12-. The van der Waals surface area contributed by atoms with E-state index < -0.39 is 17.8 Å². The lowest BCUT2D eigenvalue weighted by atomic mass is 10.1. The number of methoxy groups -OCH3 is 1. The summed E-state index contributed by atoms with van der Waals surface area (Å²) in [6.07, 6.45) is 2.10. The fraction of sp³-hybridized carbons (Fsp3) is 0.158. The van der Waals surface area contributed by atoms with Crippen molar-refractivity contribution >= 4 is 29.7 Å². The van der Waals surface area contributed by atoms with Crippen LogP contribution in [0.5, 0.6) is 0 Å². The predicted octanol–water partition coefficient (Wildman–Crippen LogP) is 2.12. The molecule has 7 heteroatoms. The minimum absolute atomic E-state index is 0.405. The van der Waals surface area contributed by atoms with Crippen molar-refractivity contribution in [3.8, 4) is 0 Å². The number of hydrogen-bond donors (Lipinski definition) is 2. The monoisotopic (exact) mass is 353 g/mol. The van der Waals surface area contributed by atoms with Gasteiger partial charge in [0.1, 0.15) is 0 Å². The van der Waals surface area contributed by atoms with Crippen LogP contribution in [0.15, 0.2) is 53.6 Å². The Kier molecular flexibility index (Phi) is 6.61. The minimum atomic E-state index is -0.877. The van der Waals surface area contributed by atoms with E-state index in [0.717, 1.165) is 12.0 Å². The molecule has 2 N–H and O–H groups in total. The summed E-state index contributed by atoms with van der Waals surface area (Å²) in [6.45, 7) is 1.96. The van der Waals surface area contributed by atoms with Crippen LogP contribution in [0.25, 0.3) is 0 Å². The number of aryl methyl sites for hydroxylation is 1. The Bertz CT molecular complexity index is 829. The Morgan fingerprint density at radius 2 is 1.73 bits per heavy atom. The van der Waals surface area contributed by atoms with Crippen LogP contribution in [0.4, 0.5) is 5.69 Å². The Morgan fingerprint density at radius 3 is 2.38 bits per heavy atom. The highest BCUT2D eigenvalue weighted by molar-refractivity contribution is 6.39. The molecule has 0 aliphatic carbocycles. The Hall–Kier alpha value is -3.48. The molecule has 0 saturated carbocycles. The molecular weight excluding hydrogens is 334 g/mol. The zero-order valence-electron chi connectivity index (χ0n) is 14.5. The van der Waals surface area contributed by atoms with Gasteiger partial charge in [-0.2, -0.15) is 5.10 Å². The summed E-state index contributed by atoms with van der Waals surface area (Å²) in [5.41, 5.74) is 4.75. The highest BCUT2D eigenvalue weighted by Gasteiger charge is 2.14. The summed E-state index contributed by atoms with van der Waals surface area (Å²) in [7, 11) is 1.30. The molecular formula is C19H19N3O4. The van der Waals surface area contributed by atoms with Gasteiger partial charge in [0.25, 0.3) is 0 Å². The third-order valence-electron chi connectivity index (χ3n) is 3.56. The average molecular weight is 353 g/mol. The van der Waals surface area contributed by atoms with Crippen LogP contribution < -0.4 is 10.7 Å². The van der Waals surface area contributed by atoms with Crippen molar-refractivity contribution in [2.75, 3.05) is 12.4 Å². The van der Waals surface area contributed by atoms with Crippen LogP contribution in [-0.4, -0.2) is 31.1 Å². The fourth-order valence-electron chi connectivity index (χ4n) is 2.17. The van der Waals surface area contributed by atoms with Gasteiger partial charge in [-0.15, -0.1) is 0 Å². The van der Waals surface area contributed by atoms with Crippen LogP contribution in [0, 0.1) is 0 Å². The Labute approximate surface area is 151 Å². The molecule has 2 aromatic rings. The summed E-state index contributed by atoms with van der Waals surface area (Å²) in [5, 5.41) is 6.30. The molecule has 26 heavy (non-hydrogen) atoms. The first kappa shape index (κ1) is 18.9. The first-order valence-electron chi connectivity index (χ1n) is 7.95. The van der Waals surface area contributed by atoms with E-state index in [1.807, 2.05) is 19.1 Å². The summed E-state index contributed by atoms with van der Waals surface area (Å²) in [4.78, 5) is 35.1. The number of amides is 2. The normalized spacial score (nSPS) is 10.4. The maximum Gasteiger partial charge on any atom is 0.337 e. The number of hydrogen-bond acceptors (Lipinski definition) is 5. The summed E-state index contributed by atoms with van der Waals surface area (Å²) >= 11 is 0. The van der Waals surface area contributed by atoms with Crippen molar-refractivity contribution < 1.29 is 19.1 Å². The van der Waals surface area contributed by atoms with E-state index in [1.54, 1.807) is 36.4 Å². The van der Waals surface area contributed by atoms with Crippen molar-refractivity contribution in [2.24, 2.45) is 5.10 Å². The molecule has 0 aromatic heterocycles. The van der Waals surface area contributed by atoms with Gasteiger partial charge in [-0.25, -0.2) is 10.2 Å². The van der Waals surface area contributed by atoms with Gasteiger partial charge in [-0.05, 0) is 35.7 Å². The van der Waals surface area contributed by atoms with Gasteiger partial charge in [-0.1, -0.05) is 37.3 Å². The average Bonchev–Trinajstić information content (AvgIpc) is 2.68. The lowest BCUT2D eigenvalue weighted by Gasteiger charge is -2.08. The van der Waals surface area contributed by atoms with E-state index in [9.17, 15) is 14.4 Å². The third kappa shape index (κ3) is 5.01. The number of carbonyl (C=O) groups excluding carboxylic acids is 3. The van der Waals surface area contributed by atoms with Crippen molar-refractivity contribution in [1.29, 1.82) is 0 Å². The number of para-hydroxylation sites is 1. The van der Waals surface area contributed by atoms with Gasteiger partial charge in [-0.3, -0.25) is 9.59 Å². The number of anilines is 1. The molecule has 134 valence electrons. The van der Waals surface area contributed by atoms with E-state index in [-0.39, 0.29) is 0 Å². The van der Waals surface area contributed by atoms with Crippen LogP contribution >= 0.6 is 0 Å². The molecule has 0 aliphatic heterocycles. The molecule has 0 fully saturated rings. The van der Waals surface area contributed by atoms with Gasteiger partial charge in [0.15, 0.2) is 0 Å². The van der Waals surface area contributed by atoms with Crippen LogP contribution in [0.2, 0.25) is 0 Å². The number of esters is 1. The van der Waals surface area contributed by atoms with Crippen LogP contribution in [-0.2, 0) is 20.7 Å². The molecule has 2 rings (SSSR count).